The van der Waals surface area contributed by atoms with Gasteiger partial charge in [-0.3, -0.25) is 0 Å². The molecular formula is C14H21Cl2NO. The number of hydrogen-bond acceptors (Lipinski definition) is 2. The van der Waals surface area contributed by atoms with Crippen molar-refractivity contribution in [2.24, 2.45) is 0 Å². The maximum atomic E-state index is 5.97. The minimum atomic E-state index is 0.162. The Labute approximate surface area is 120 Å². The van der Waals surface area contributed by atoms with E-state index in [4.69, 9.17) is 27.9 Å². The molecule has 0 fully saturated rings. The van der Waals surface area contributed by atoms with Crippen molar-refractivity contribution in [3.63, 3.8) is 0 Å². The van der Waals surface area contributed by atoms with Crippen LogP contribution in [0.1, 0.15) is 33.6 Å². The molecule has 1 aromatic rings. The van der Waals surface area contributed by atoms with Crippen molar-refractivity contribution in [3.8, 4) is 5.75 Å². The molecule has 0 saturated heterocycles. The zero-order valence-corrected chi connectivity index (χ0v) is 12.7. The smallest absolute Gasteiger partial charge is 0.121 e. The van der Waals surface area contributed by atoms with Gasteiger partial charge in [0.15, 0.2) is 0 Å². The summed E-state index contributed by atoms with van der Waals surface area (Å²) in [6, 6.07) is 5.84. The van der Waals surface area contributed by atoms with Crippen molar-refractivity contribution < 1.29 is 4.74 Å². The maximum absolute atomic E-state index is 5.97. The molecule has 0 heterocycles. The van der Waals surface area contributed by atoms with Gasteiger partial charge in [0.1, 0.15) is 11.9 Å². The first kappa shape index (κ1) is 15.6. The van der Waals surface area contributed by atoms with Gasteiger partial charge in [0.2, 0.25) is 0 Å². The van der Waals surface area contributed by atoms with E-state index in [0.717, 1.165) is 25.1 Å². The molecule has 1 N–H and O–H groups in total. The van der Waals surface area contributed by atoms with E-state index in [1.54, 1.807) is 12.1 Å². The summed E-state index contributed by atoms with van der Waals surface area (Å²) in [5.74, 6) is 0.772. The van der Waals surface area contributed by atoms with Gasteiger partial charge in [0.25, 0.3) is 0 Å². The number of ether oxygens (including phenoxy) is 1. The average molecular weight is 290 g/mol. The maximum Gasteiger partial charge on any atom is 0.121 e. The summed E-state index contributed by atoms with van der Waals surface area (Å²) >= 11 is 11.9. The van der Waals surface area contributed by atoms with Gasteiger partial charge in [-0.25, -0.2) is 0 Å². The SMILES string of the molecule is CCCC(CNC(C)C)Oc1ccc(Cl)c(Cl)c1. The van der Waals surface area contributed by atoms with Crippen molar-refractivity contribution in [1.82, 2.24) is 5.32 Å². The Hall–Kier alpha value is -0.440. The van der Waals surface area contributed by atoms with E-state index in [1.807, 2.05) is 6.07 Å². The number of benzene rings is 1. The fourth-order valence-corrected chi connectivity index (χ4v) is 1.92. The fourth-order valence-electron chi connectivity index (χ4n) is 1.63. The average Bonchev–Trinajstić information content (AvgIpc) is 2.31. The van der Waals surface area contributed by atoms with E-state index in [0.29, 0.717) is 16.1 Å². The molecule has 1 rings (SSSR count). The predicted molar refractivity (Wildman–Crippen MR) is 78.9 cm³/mol. The monoisotopic (exact) mass is 289 g/mol. The highest BCUT2D eigenvalue weighted by molar-refractivity contribution is 6.42. The van der Waals surface area contributed by atoms with Gasteiger partial charge in [-0.2, -0.15) is 0 Å². The molecule has 0 aliphatic rings. The van der Waals surface area contributed by atoms with Gasteiger partial charge in [-0.1, -0.05) is 50.4 Å². The second kappa shape index (κ2) is 7.88. The Balaban J connectivity index is 2.61. The summed E-state index contributed by atoms with van der Waals surface area (Å²) in [7, 11) is 0. The third-order valence-electron chi connectivity index (χ3n) is 2.56. The fraction of sp³-hybridized carbons (Fsp3) is 0.571. The minimum absolute atomic E-state index is 0.162. The molecule has 0 aliphatic carbocycles. The summed E-state index contributed by atoms with van der Waals surface area (Å²) in [4.78, 5) is 0. The number of halogens is 2. The summed E-state index contributed by atoms with van der Waals surface area (Å²) in [6.45, 7) is 7.25. The van der Waals surface area contributed by atoms with E-state index >= 15 is 0 Å². The third kappa shape index (κ3) is 5.47. The Morgan fingerprint density at radius 1 is 1.22 bits per heavy atom. The molecule has 0 radical (unpaired) electrons. The van der Waals surface area contributed by atoms with Gasteiger partial charge in [-0.05, 0) is 18.6 Å². The Morgan fingerprint density at radius 2 is 1.94 bits per heavy atom. The summed E-state index contributed by atoms with van der Waals surface area (Å²) in [5.41, 5.74) is 0. The lowest BCUT2D eigenvalue weighted by molar-refractivity contribution is 0.183. The molecule has 0 saturated carbocycles. The van der Waals surface area contributed by atoms with Crippen LogP contribution < -0.4 is 10.1 Å². The summed E-state index contributed by atoms with van der Waals surface area (Å²) in [6.07, 6.45) is 2.26. The summed E-state index contributed by atoms with van der Waals surface area (Å²) in [5, 5.41) is 4.47. The first-order chi connectivity index (χ1) is 8.52. The van der Waals surface area contributed by atoms with Crippen LogP contribution in [0, 0.1) is 0 Å². The van der Waals surface area contributed by atoms with E-state index in [1.165, 1.54) is 0 Å². The van der Waals surface area contributed by atoms with Crippen LogP contribution in [0.15, 0.2) is 18.2 Å². The second-order valence-electron chi connectivity index (χ2n) is 4.67. The quantitative estimate of drug-likeness (QED) is 0.796. The molecule has 4 heteroatoms. The lowest BCUT2D eigenvalue weighted by Crippen LogP contribution is -2.35. The van der Waals surface area contributed by atoms with Crippen LogP contribution >= 0.6 is 23.2 Å². The molecule has 0 amide bonds. The van der Waals surface area contributed by atoms with Gasteiger partial charge in [-0.15, -0.1) is 0 Å². The lowest BCUT2D eigenvalue weighted by Gasteiger charge is -2.20. The Bertz CT molecular complexity index is 369. The van der Waals surface area contributed by atoms with Gasteiger partial charge >= 0.3 is 0 Å². The molecule has 1 aromatic carbocycles. The molecule has 18 heavy (non-hydrogen) atoms. The molecule has 2 nitrogen and oxygen atoms in total. The molecule has 0 bridgehead atoms. The van der Waals surface area contributed by atoms with Crippen LogP contribution in [-0.4, -0.2) is 18.7 Å². The van der Waals surface area contributed by atoms with Crippen molar-refractivity contribution >= 4 is 23.2 Å². The lowest BCUT2D eigenvalue weighted by atomic mass is 10.2. The van der Waals surface area contributed by atoms with E-state index in [-0.39, 0.29) is 6.10 Å². The van der Waals surface area contributed by atoms with E-state index in [9.17, 15) is 0 Å². The molecule has 1 unspecified atom stereocenters. The van der Waals surface area contributed by atoms with E-state index in [2.05, 4.69) is 26.1 Å². The van der Waals surface area contributed by atoms with Crippen LogP contribution in [0.3, 0.4) is 0 Å². The van der Waals surface area contributed by atoms with Crippen LogP contribution in [0.4, 0.5) is 0 Å². The molecule has 0 aliphatic heterocycles. The van der Waals surface area contributed by atoms with Crippen molar-refractivity contribution in [3.05, 3.63) is 28.2 Å². The van der Waals surface area contributed by atoms with Crippen molar-refractivity contribution in [1.29, 1.82) is 0 Å². The standard InChI is InChI=1S/C14H21Cl2NO/c1-4-5-12(9-17-10(2)3)18-11-6-7-13(15)14(16)8-11/h6-8,10,12,17H,4-5,9H2,1-3H3. The van der Waals surface area contributed by atoms with Gasteiger partial charge in [0.05, 0.1) is 10.0 Å². The predicted octanol–water partition coefficient (Wildman–Crippen LogP) is 4.54. The molecule has 0 spiro atoms. The molecule has 1 atom stereocenters. The highest BCUT2D eigenvalue weighted by Crippen LogP contribution is 2.27. The van der Waals surface area contributed by atoms with Gasteiger partial charge < -0.3 is 10.1 Å². The second-order valence-corrected chi connectivity index (χ2v) is 5.48. The zero-order chi connectivity index (χ0) is 13.5. The van der Waals surface area contributed by atoms with Crippen LogP contribution in [0.2, 0.25) is 10.0 Å². The highest BCUT2D eigenvalue weighted by Gasteiger charge is 2.11. The molecular weight excluding hydrogens is 269 g/mol. The van der Waals surface area contributed by atoms with E-state index < -0.39 is 0 Å². The van der Waals surface area contributed by atoms with Crippen LogP contribution in [0.25, 0.3) is 0 Å². The molecule has 0 aromatic heterocycles. The largest absolute Gasteiger partial charge is 0.489 e. The number of rotatable bonds is 7. The minimum Gasteiger partial charge on any atom is -0.489 e. The molecule has 102 valence electrons. The normalized spacial score (nSPS) is 12.8. The topological polar surface area (TPSA) is 21.3 Å². The Morgan fingerprint density at radius 3 is 2.50 bits per heavy atom. The number of hydrogen-bond donors (Lipinski definition) is 1. The van der Waals surface area contributed by atoms with Crippen molar-refractivity contribution in [2.45, 2.75) is 45.8 Å². The van der Waals surface area contributed by atoms with Crippen LogP contribution in [0.5, 0.6) is 5.75 Å². The first-order valence-electron chi connectivity index (χ1n) is 6.38. The number of nitrogens with one attached hydrogen (secondary N) is 1. The van der Waals surface area contributed by atoms with Crippen molar-refractivity contribution in [2.75, 3.05) is 6.54 Å². The first-order valence-corrected chi connectivity index (χ1v) is 7.13. The Kier molecular flexibility index (Phi) is 6.83. The van der Waals surface area contributed by atoms with Gasteiger partial charge in [0, 0.05) is 18.7 Å². The van der Waals surface area contributed by atoms with Crippen LogP contribution in [-0.2, 0) is 0 Å². The summed E-state index contributed by atoms with van der Waals surface area (Å²) < 4.78 is 5.94. The zero-order valence-electron chi connectivity index (χ0n) is 11.2. The highest BCUT2D eigenvalue weighted by atomic mass is 35.5. The third-order valence-corrected chi connectivity index (χ3v) is 3.30.